The van der Waals surface area contributed by atoms with Crippen molar-refractivity contribution >= 4 is 22.0 Å². The van der Waals surface area contributed by atoms with Crippen LogP contribution in [0.2, 0.25) is 13.3 Å². The Bertz CT molecular complexity index is 1890. The van der Waals surface area contributed by atoms with Crippen LogP contribution in [0.3, 0.4) is 0 Å². The van der Waals surface area contributed by atoms with E-state index in [0.29, 0.717) is 18.6 Å². The molecule has 0 unspecified atom stereocenters. The summed E-state index contributed by atoms with van der Waals surface area (Å²) in [5.41, 5.74) is -0.405. The predicted octanol–water partition coefficient (Wildman–Crippen LogP) is 16.6. The molecule has 76 heavy (non-hydrogen) atoms. The molecule has 0 spiro atoms. The van der Waals surface area contributed by atoms with Gasteiger partial charge in [-0.15, -0.1) is 0 Å². The van der Waals surface area contributed by atoms with Crippen LogP contribution in [0.1, 0.15) is 44.6 Å². The summed E-state index contributed by atoms with van der Waals surface area (Å²) in [6, 6.07) is 0.507. The van der Waals surface area contributed by atoms with Gasteiger partial charge in [0.25, 0.3) is 0 Å². The molecule has 0 fully saturated rings. The third-order valence-corrected chi connectivity index (χ3v) is 26.1. The standard InChI is InChI=1S/C11H16N.3C8H4F13.Sn/c1-2-3-9-12-10-11-7-5-4-6-8-11;3*1-2-3(9,10)4(11,12)5(13,14)6(15,16)7(17,18)8(19,20)21;/h5-8,12H,2-3,9-10H2,1H3;3*1-2H2;. The Morgan fingerprint density at radius 3 is 0.750 bits per heavy atom. The number of hydrogen-bond acceptors (Lipinski definition) is 1. The maximum absolute atomic E-state index is 15.3. The number of rotatable bonds is 27. The van der Waals surface area contributed by atoms with Crippen LogP contribution in [-0.4, -0.2) is 132 Å². The Balaban J connectivity index is 4.57. The molecule has 0 aliphatic carbocycles. The van der Waals surface area contributed by atoms with E-state index in [0.717, 1.165) is 0 Å². The Labute approximate surface area is 401 Å². The summed E-state index contributed by atoms with van der Waals surface area (Å²) in [4.78, 5) is 0. The molecule has 0 heterocycles. The summed E-state index contributed by atoms with van der Waals surface area (Å²) in [5.74, 6) is -127. The van der Waals surface area contributed by atoms with Gasteiger partial charge in [-0.2, -0.15) is 0 Å². The second kappa shape index (κ2) is 21.0. The molecule has 0 aromatic heterocycles. The topological polar surface area (TPSA) is 12.0 Å². The zero-order valence-electron chi connectivity index (χ0n) is 36.1. The second-order valence-corrected chi connectivity index (χ2v) is 29.7. The summed E-state index contributed by atoms with van der Waals surface area (Å²) in [5, 5.41) is 2.49. The second-order valence-electron chi connectivity index (χ2n) is 16.5. The molecule has 41 heteroatoms. The van der Waals surface area contributed by atoms with Crippen LogP contribution in [0.25, 0.3) is 0 Å². The molecule has 0 amide bonds. The van der Waals surface area contributed by atoms with E-state index in [1.807, 2.05) is 0 Å². The molecule has 1 nitrogen and oxygen atoms in total. The zero-order valence-corrected chi connectivity index (χ0v) is 39.0. The average molecular weight is 1320 g/mol. The molecule has 0 atom stereocenters. The predicted molar refractivity (Wildman–Crippen MR) is 179 cm³/mol. The summed E-state index contributed by atoms with van der Waals surface area (Å²) < 4.78 is 534. The Hall–Kier alpha value is -2.75. The number of hydrogen-bond donors (Lipinski definition) is 1. The van der Waals surface area contributed by atoms with E-state index in [9.17, 15) is 145 Å². The quantitative estimate of drug-likeness (QED) is 0.0526. The fourth-order valence-electron chi connectivity index (χ4n) is 6.38. The SMILES string of the molecule is CCCCNCc1cc[c]([Sn]([CH2]CC(F)(F)C(F)(F)C(F)(F)C(F)(F)C(F)(F)C(F)(F)F)([CH2]CC(F)(F)C(F)(F)C(F)(F)C(F)(F)C(F)(F)C(F)(F)F)[CH2]CC(F)(F)C(F)(F)C(F)(F)C(F)(F)C(F)(F)C(F)(F)F)cc1. The van der Waals surface area contributed by atoms with E-state index in [4.69, 9.17) is 0 Å². The first-order valence-corrected chi connectivity index (χ1v) is 27.1. The molecule has 1 aromatic rings. The van der Waals surface area contributed by atoms with Crippen molar-refractivity contribution in [1.82, 2.24) is 5.32 Å². The normalized spacial score (nSPS) is 16.2. The third-order valence-electron chi connectivity index (χ3n) is 11.4. The van der Waals surface area contributed by atoms with Crippen LogP contribution in [-0.2, 0) is 6.54 Å². The number of nitrogens with one attached hydrogen (secondary N) is 1. The Kier molecular flexibility index (Phi) is 19.7. The van der Waals surface area contributed by atoms with Crippen LogP contribution in [0, 0.1) is 0 Å². The fraction of sp³-hybridized carbons (Fsp3) is 0.829. The Morgan fingerprint density at radius 2 is 0.539 bits per heavy atom. The van der Waals surface area contributed by atoms with Gasteiger partial charge in [-0.3, -0.25) is 0 Å². The van der Waals surface area contributed by atoms with Crippen molar-refractivity contribution < 1.29 is 171 Å². The maximum atomic E-state index is 15.3. The van der Waals surface area contributed by atoms with Crippen molar-refractivity contribution in [1.29, 1.82) is 0 Å². The summed E-state index contributed by atoms with van der Waals surface area (Å²) in [7, 11) is 0. The minimum atomic E-state index is -8.87. The van der Waals surface area contributed by atoms with Crippen molar-refractivity contribution in [2.45, 2.75) is 166 Å². The molecule has 0 radical (unpaired) electrons. The van der Waals surface area contributed by atoms with E-state index in [-0.39, 0.29) is 25.1 Å². The molecule has 0 aliphatic heterocycles. The molecule has 450 valence electrons. The van der Waals surface area contributed by atoms with Gasteiger partial charge >= 0.3 is 401 Å². The molecule has 1 N–H and O–H groups in total. The van der Waals surface area contributed by atoms with Crippen LogP contribution in [0.5, 0.6) is 0 Å². The molecule has 0 aliphatic rings. The Morgan fingerprint density at radius 1 is 0.316 bits per heavy atom. The van der Waals surface area contributed by atoms with Crippen molar-refractivity contribution in [3.63, 3.8) is 0 Å². The molecular weight excluding hydrogens is 1290 g/mol. The van der Waals surface area contributed by atoms with Crippen molar-refractivity contribution in [3.8, 4) is 0 Å². The van der Waals surface area contributed by atoms with E-state index in [1.165, 1.54) is 6.92 Å². The van der Waals surface area contributed by atoms with Gasteiger partial charge in [-0.05, 0) is 0 Å². The molecule has 1 aromatic carbocycles. The van der Waals surface area contributed by atoms with E-state index in [1.54, 1.807) is 0 Å². The summed E-state index contributed by atoms with van der Waals surface area (Å²) in [6.07, 6.45) is -35.8. The van der Waals surface area contributed by atoms with Gasteiger partial charge in [0, 0.05) is 0 Å². The summed E-state index contributed by atoms with van der Waals surface area (Å²) >= 11 is -8.24. The summed E-state index contributed by atoms with van der Waals surface area (Å²) in [6.45, 7) is 0.888. The van der Waals surface area contributed by atoms with Crippen LogP contribution < -0.4 is 8.90 Å². The van der Waals surface area contributed by atoms with Gasteiger partial charge in [-0.1, -0.05) is 0 Å². The number of halogens is 39. The fourth-order valence-corrected chi connectivity index (χ4v) is 20.3. The monoisotopic (exact) mass is 1320 g/mol. The number of alkyl halides is 39. The molecule has 1 rings (SSSR count). The minimum absolute atomic E-state index is 0.0486. The van der Waals surface area contributed by atoms with E-state index >= 15 is 26.3 Å². The molecule has 0 saturated heterocycles. The van der Waals surface area contributed by atoms with E-state index < -0.39 is 174 Å². The van der Waals surface area contributed by atoms with Gasteiger partial charge < -0.3 is 0 Å². The number of unbranched alkanes of at least 4 members (excludes halogenated alkanes) is 1. The van der Waals surface area contributed by atoms with Crippen LogP contribution in [0.4, 0.5) is 171 Å². The van der Waals surface area contributed by atoms with Crippen LogP contribution in [0.15, 0.2) is 24.3 Å². The first-order valence-electron chi connectivity index (χ1n) is 19.6. The average Bonchev–Trinajstić information content (AvgIpc) is 3.23. The van der Waals surface area contributed by atoms with Crippen molar-refractivity contribution in [2.24, 2.45) is 0 Å². The van der Waals surface area contributed by atoms with Crippen molar-refractivity contribution in [2.75, 3.05) is 6.54 Å². The molecule has 0 saturated carbocycles. The van der Waals surface area contributed by atoms with Gasteiger partial charge in [0.15, 0.2) is 0 Å². The van der Waals surface area contributed by atoms with Gasteiger partial charge in [0.2, 0.25) is 0 Å². The first-order chi connectivity index (χ1) is 32.9. The van der Waals surface area contributed by atoms with Crippen LogP contribution >= 0.6 is 0 Å². The molecule has 0 bridgehead atoms. The van der Waals surface area contributed by atoms with Gasteiger partial charge in [0.1, 0.15) is 0 Å². The first kappa shape index (κ1) is 71.3. The molecular formula is C35H28F39NSn. The van der Waals surface area contributed by atoms with Gasteiger partial charge in [-0.25, -0.2) is 0 Å². The zero-order chi connectivity index (χ0) is 61.3. The third kappa shape index (κ3) is 11.4. The van der Waals surface area contributed by atoms with Gasteiger partial charge in [0.05, 0.1) is 0 Å². The van der Waals surface area contributed by atoms with E-state index in [2.05, 4.69) is 5.32 Å². The number of benzene rings is 1. The van der Waals surface area contributed by atoms with Crippen molar-refractivity contribution in [3.05, 3.63) is 29.8 Å².